The smallest absolute Gasteiger partial charge is 0.416 e. The van der Waals surface area contributed by atoms with Crippen molar-refractivity contribution in [2.75, 3.05) is 29.9 Å². The first kappa shape index (κ1) is 32.8. The molecule has 6 nitrogen and oxygen atoms in total. The lowest BCUT2D eigenvalue weighted by Crippen LogP contribution is -2.35. The zero-order valence-corrected chi connectivity index (χ0v) is 24.4. The summed E-state index contributed by atoms with van der Waals surface area (Å²) in [6.45, 7) is 5.36. The molecule has 2 aromatic carbocycles. The van der Waals surface area contributed by atoms with E-state index >= 15 is 0 Å². The Morgan fingerprint density at radius 3 is 2.02 bits per heavy atom. The summed E-state index contributed by atoms with van der Waals surface area (Å²) in [6.07, 6.45) is -7.01. The maximum atomic E-state index is 13.5. The molecule has 0 bridgehead atoms. The molecule has 0 atom stereocenters. The summed E-state index contributed by atoms with van der Waals surface area (Å²) in [5, 5.41) is 12.1. The van der Waals surface area contributed by atoms with Gasteiger partial charge in [-0.25, -0.2) is 4.98 Å². The zero-order valence-electron chi connectivity index (χ0n) is 24.4. The van der Waals surface area contributed by atoms with Crippen LogP contribution >= 0.6 is 0 Å². The molecule has 1 aromatic heterocycles. The first-order valence-corrected chi connectivity index (χ1v) is 14.1. The number of aliphatic carboxylic acids is 1. The topological polar surface area (TPSA) is 82.5 Å². The molecular formula is C32H33F6N3O3. The average molecular weight is 622 g/mol. The molecule has 3 aromatic rings. The van der Waals surface area contributed by atoms with E-state index in [0.717, 1.165) is 11.1 Å². The van der Waals surface area contributed by atoms with Gasteiger partial charge in [0.05, 0.1) is 35.0 Å². The van der Waals surface area contributed by atoms with Gasteiger partial charge >= 0.3 is 18.3 Å². The lowest BCUT2D eigenvalue weighted by molar-refractivity contribution is -0.143. The number of hydrogen-bond acceptors (Lipinski definition) is 5. The third-order valence-corrected chi connectivity index (χ3v) is 8.17. The second-order valence-corrected chi connectivity index (χ2v) is 11.6. The highest BCUT2D eigenvalue weighted by atomic mass is 19.4. The van der Waals surface area contributed by atoms with E-state index in [0.29, 0.717) is 55.1 Å². The fourth-order valence-electron chi connectivity index (χ4n) is 5.34. The molecule has 1 aliphatic heterocycles. The van der Waals surface area contributed by atoms with Gasteiger partial charge in [0.15, 0.2) is 5.78 Å². The Kier molecular flexibility index (Phi) is 9.32. The highest BCUT2D eigenvalue weighted by Crippen LogP contribution is 2.40. The van der Waals surface area contributed by atoms with Crippen molar-refractivity contribution >= 4 is 23.3 Å². The van der Waals surface area contributed by atoms with Crippen LogP contribution < -0.4 is 10.2 Å². The lowest BCUT2D eigenvalue weighted by atomic mass is 9.79. The number of Topliss-reactive ketones (excluding diaryl/α,β-unsaturated/α-hetero) is 1. The van der Waals surface area contributed by atoms with E-state index in [9.17, 15) is 35.9 Å². The second-order valence-electron chi connectivity index (χ2n) is 11.6. The van der Waals surface area contributed by atoms with Crippen molar-refractivity contribution in [1.82, 2.24) is 4.98 Å². The molecule has 1 saturated heterocycles. The number of carbonyl (C=O) groups is 2. The Labute approximate surface area is 251 Å². The standard InChI is InChI=1S/C32H33F6N3O3/c1-19-6-4-5-7-24(19)25-16-28(41-10-8-20(9-11-41)12-29(43)44)40-17-26(25)39-18-27(42)30(2,3)21-13-22(31(33,34)35)15-23(14-21)32(36,37)38/h4-7,13-17,20,39H,8-12,18H2,1-3H3,(H,43,44). The fourth-order valence-corrected chi connectivity index (χ4v) is 5.34. The van der Waals surface area contributed by atoms with Crippen molar-refractivity contribution in [3.8, 4) is 11.1 Å². The number of carboxylic acids is 1. The number of pyridine rings is 1. The SMILES string of the molecule is Cc1ccccc1-c1cc(N2CCC(CC(=O)O)CC2)ncc1NCC(=O)C(C)(C)c1cc(C(F)(F)F)cc(C(F)(F)F)c1. The summed E-state index contributed by atoms with van der Waals surface area (Å²) < 4.78 is 80.8. The molecule has 0 spiro atoms. The number of rotatable bonds is 9. The van der Waals surface area contributed by atoms with Crippen LogP contribution in [-0.2, 0) is 27.4 Å². The van der Waals surface area contributed by atoms with Gasteiger partial charge in [-0.1, -0.05) is 24.3 Å². The molecule has 4 rings (SSSR count). The van der Waals surface area contributed by atoms with Crippen LogP contribution in [0.5, 0.6) is 0 Å². The van der Waals surface area contributed by atoms with E-state index in [1.165, 1.54) is 13.8 Å². The molecule has 0 saturated carbocycles. The van der Waals surface area contributed by atoms with Crippen LogP contribution in [0.3, 0.4) is 0 Å². The van der Waals surface area contributed by atoms with Gasteiger partial charge in [0, 0.05) is 25.1 Å². The van der Waals surface area contributed by atoms with Crippen molar-refractivity contribution in [1.29, 1.82) is 0 Å². The van der Waals surface area contributed by atoms with Crippen molar-refractivity contribution in [2.24, 2.45) is 5.92 Å². The predicted molar refractivity (Wildman–Crippen MR) is 155 cm³/mol. The van der Waals surface area contributed by atoms with Crippen LogP contribution in [-0.4, -0.2) is 41.5 Å². The van der Waals surface area contributed by atoms with E-state index in [2.05, 4.69) is 15.2 Å². The number of carboxylic acid groups (broad SMARTS) is 1. The van der Waals surface area contributed by atoms with Crippen LogP contribution in [0.2, 0.25) is 0 Å². The van der Waals surface area contributed by atoms with Crippen molar-refractivity contribution in [2.45, 2.75) is 57.8 Å². The molecule has 2 heterocycles. The van der Waals surface area contributed by atoms with Gasteiger partial charge in [0.1, 0.15) is 5.82 Å². The number of nitrogens with one attached hydrogen (secondary N) is 1. The minimum atomic E-state index is -5.03. The van der Waals surface area contributed by atoms with E-state index in [4.69, 9.17) is 5.11 Å². The Hall–Kier alpha value is -4.09. The van der Waals surface area contributed by atoms with Crippen molar-refractivity contribution in [3.63, 3.8) is 0 Å². The van der Waals surface area contributed by atoms with Crippen LogP contribution in [0.15, 0.2) is 54.7 Å². The summed E-state index contributed by atoms with van der Waals surface area (Å²) >= 11 is 0. The van der Waals surface area contributed by atoms with Gasteiger partial charge in [-0.05, 0) is 80.5 Å². The van der Waals surface area contributed by atoms with Gasteiger partial charge in [0.25, 0.3) is 0 Å². The van der Waals surface area contributed by atoms with E-state index < -0.39 is 46.2 Å². The minimum Gasteiger partial charge on any atom is -0.481 e. The van der Waals surface area contributed by atoms with Crippen LogP contribution in [0.4, 0.5) is 37.8 Å². The number of benzene rings is 2. The normalized spacial score (nSPS) is 14.9. The molecule has 0 unspecified atom stereocenters. The zero-order chi connectivity index (χ0) is 32.4. The van der Waals surface area contributed by atoms with Gasteiger partial charge in [0.2, 0.25) is 0 Å². The summed E-state index contributed by atoms with van der Waals surface area (Å²) in [6, 6.07) is 10.6. The average Bonchev–Trinajstić information content (AvgIpc) is 2.95. The molecule has 0 aliphatic carbocycles. The third-order valence-electron chi connectivity index (χ3n) is 8.17. The number of carbonyl (C=O) groups excluding carboxylic acids is 1. The molecule has 1 aliphatic rings. The number of aromatic nitrogens is 1. The number of hydrogen-bond donors (Lipinski definition) is 2. The number of anilines is 2. The van der Waals surface area contributed by atoms with Crippen LogP contribution in [0, 0.1) is 12.8 Å². The Morgan fingerprint density at radius 1 is 0.909 bits per heavy atom. The Bertz CT molecular complexity index is 1490. The van der Waals surface area contributed by atoms with Gasteiger partial charge in [-0.2, -0.15) is 26.3 Å². The number of piperidine rings is 1. The van der Waals surface area contributed by atoms with Gasteiger partial charge in [-0.3, -0.25) is 9.59 Å². The Morgan fingerprint density at radius 2 is 1.48 bits per heavy atom. The highest BCUT2D eigenvalue weighted by Gasteiger charge is 2.40. The third kappa shape index (κ3) is 7.51. The predicted octanol–water partition coefficient (Wildman–Crippen LogP) is 7.74. The number of ketones is 1. The lowest BCUT2D eigenvalue weighted by Gasteiger charge is -2.32. The molecule has 236 valence electrons. The van der Waals surface area contributed by atoms with Gasteiger partial charge in [-0.15, -0.1) is 0 Å². The van der Waals surface area contributed by atoms with E-state index in [-0.39, 0.29) is 24.9 Å². The summed E-state index contributed by atoms with van der Waals surface area (Å²) in [7, 11) is 0. The monoisotopic (exact) mass is 621 g/mol. The molecular weight excluding hydrogens is 588 g/mol. The highest BCUT2D eigenvalue weighted by molar-refractivity contribution is 5.94. The van der Waals surface area contributed by atoms with Gasteiger partial charge < -0.3 is 15.3 Å². The molecule has 2 N–H and O–H groups in total. The Balaban J connectivity index is 1.61. The first-order valence-electron chi connectivity index (χ1n) is 14.1. The van der Waals surface area contributed by atoms with Crippen molar-refractivity contribution in [3.05, 3.63) is 77.0 Å². The molecule has 1 fully saturated rings. The number of nitrogens with zero attached hydrogens (tertiary/aromatic N) is 2. The van der Waals surface area contributed by atoms with E-state index in [1.54, 1.807) is 6.20 Å². The quantitative estimate of drug-likeness (QED) is 0.238. The molecule has 0 amide bonds. The minimum absolute atomic E-state index is 0.0403. The summed E-state index contributed by atoms with van der Waals surface area (Å²) in [5.74, 6) is -0.701. The largest absolute Gasteiger partial charge is 0.481 e. The van der Waals surface area contributed by atoms with Crippen LogP contribution in [0.1, 0.15) is 55.4 Å². The maximum absolute atomic E-state index is 13.5. The molecule has 44 heavy (non-hydrogen) atoms. The summed E-state index contributed by atoms with van der Waals surface area (Å²) in [4.78, 5) is 31.1. The van der Waals surface area contributed by atoms with Crippen LogP contribution in [0.25, 0.3) is 11.1 Å². The second kappa shape index (κ2) is 12.5. The fraction of sp³-hybridized carbons (Fsp3) is 0.406. The first-order chi connectivity index (χ1) is 20.5. The maximum Gasteiger partial charge on any atom is 0.416 e. The molecule has 0 radical (unpaired) electrons. The number of alkyl halides is 6. The summed E-state index contributed by atoms with van der Waals surface area (Å²) in [5.41, 5.74) is -2.09. The molecule has 12 heteroatoms. The van der Waals surface area contributed by atoms with Crippen molar-refractivity contribution < 1.29 is 41.0 Å². The number of halogens is 6. The number of aryl methyl sites for hydroxylation is 1. The van der Waals surface area contributed by atoms with E-state index in [1.807, 2.05) is 37.3 Å².